The highest BCUT2D eigenvalue weighted by molar-refractivity contribution is 6.30. The lowest BCUT2D eigenvalue weighted by molar-refractivity contribution is -0.123. The summed E-state index contributed by atoms with van der Waals surface area (Å²) in [5, 5.41) is 0.416. The third kappa shape index (κ3) is 3.03. The molecule has 16 heavy (non-hydrogen) atoms. The van der Waals surface area contributed by atoms with Gasteiger partial charge in [0.15, 0.2) is 5.78 Å². The number of halogens is 2. The molecule has 0 amide bonds. The average Bonchev–Trinajstić information content (AvgIpc) is 2.23. The van der Waals surface area contributed by atoms with Crippen LogP contribution in [0.15, 0.2) is 18.2 Å². The Hall–Kier alpha value is -0.930. The lowest BCUT2D eigenvalue weighted by atomic mass is 9.90. The smallest absolute Gasteiger partial charge is 0.156 e. The summed E-state index contributed by atoms with van der Waals surface area (Å²) in [4.78, 5) is 11.8. The Kier molecular flexibility index (Phi) is 4.05. The molecule has 0 bridgehead atoms. The van der Waals surface area contributed by atoms with Crippen molar-refractivity contribution in [3.63, 3.8) is 0 Å². The van der Waals surface area contributed by atoms with Crippen molar-refractivity contribution in [1.82, 2.24) is 0 Å². The molecule has 0 heterocycles. The first-order chi connectivity index (χ1) is 7.36. The largest absolute Gasteiger partial charge is 0.319 e. The molecule has 0 spiro atoms. The topological polar surface area (TPSA) is 43.1 Å². The van der Waals surface area contributed by atoms with Crippen LogP contribution in [0.1, 0.15) is 25.8 Å². The van der Waals surface area contributed by atoms with E-state index in [4.69, 9.17) is 17.3 Å². The molecular formula is C12H15ClFNO. The lowest BCUT2D eigenvalue weighted by Gasteiger charge is -2.20. The van der Waals surface area contributed by atoms with Crippen LogP contribution in [0, 0.1) is 5.82 Å². The Labute approximate surface area is 99.6 Å². The predicted molar refractivity (Wildman–Crippen MR) is 63.0 cm³/mol. The summed E-state index contributed by atoms with van der Waals surface area (Å²) in [5.74, 6) is -0.610. The second-order valence-corrected chi connectivity index (χ2v) is 4.54. The van der Waals surface area contributed by atoms with E-state index in [-0.39, 0.29) is 12.2 Å². The Morgan fingerprint density at radius 2 is 2.19 bits per heavy atom. The zero-order valence-electron chi connectivity index (χ0n) is 9.39. The molecule has 0 fully saturated rings. The highest BCUT2D eigenvalue weighted by Crippen LogP contribution is 2.18. The van der Waals surface area contributed by atoms with Gasteiger partial charge in [0.05, 0.1) is 5.54 Å². The number of ketones is 1. The predicted octanol–water partition coefficient (Wildman–Crippen LogP) is 2.72. The molecule has 0 aliphatic heterocycles. The number of hydrogen-bond acceptors (Lipinski definition) is 2. The number of nitrogens with two attached hydrogens (primary N) is 1. The quantitative estimate of drug-likeness (QED) is 0.884. The second-order valence-electron chi connectivity index (χ2n) is 4.11. The summed E-state index contributed by atoms with van der Waals surface area (Å²) < 4.78 is 13.4. The monoisotopic (exact) mass is 243 g/mol. The van der Waals surface area contributed by atoms with Crippen molar-refractivity contribution < 1.29 is 9.18 Å². The van der Waals surface area contributed by atoms with Gasteiger partial charge in [-0.1, -0.05) is 18.5 Å². The summed E-state index contributed by atoms with van der Waals surface area (Å²) in [6.45, 7) is 3.48. The van der Waals surface area contributed by atoms with Gasteiger partial charge in [0.25, 0.3) is 0 Å². The average molecular weight is 244 g/mol. The van der Waals surface area contributed by atoms with E-state index in [1.165, 1.54) is 18.2 Å². The first-order valence-electron chi connectivity index (χ1n) is 5.13. The molecule has 0 aliphatic carbocycles. The van der Waals surface area contributed by atoms with Crippen molar-refractivity contribution in [2.45, 2.75) is 32.2 Å². The lowest BCUT2D eigenvalue weighted by Crippen LogP contribution is -2.45. The number of Topliss-reactive ketones (excluding diaryl/α,β-unsaturated/α-hetero) is 1. The Morgan fingerprint density at radius 1 is 1.56 bits per heavy atom. The van der Waals surface area contributed by atoms with Crippen LogP contribution < -0.4 is 5.73 Å². The van der Waals surface area contributed by atoms with Crippen molar-refractivity contribution in [1.29, 1.82) is 0 Å². The second kappa shape index (κ2) is 4.93. The molecule has 88 valence electrons. The van der Waals surface area contributed by atoms with Gasteiger partial charge in [0.1, 0.15) is 5.82 Å². The maximum absolute atomic E-state index is 13.4. The van der Waals surface area contributed by atoms with Crippen molar-refractivity contribution in [3.05, 3.63) is 34.6 Å². The van der Waals surface area contributed by atoms with Crippen LogP contribution in [0.3, 0.4) is 0 Å². The molecule has 1 atom stereocenters. The molecule has 2 N–H and O–H groups in total. The van der Waals surface area contributed by atoms with Crippen molar-refractivity contribution in [2.75, 3.05) is 0 Å². The number of hydrogen-bond donors (Lipinski definition) is 1. The van der Waals surface area contributed by atoms with Crippen molar-refractivity contribution in [3.8, 4) is 0 Å². The van der Waals surface area contributed by atoms with Gasteiger partial charge in [0, 0.05) is 11.4 Å². The van der Waals surface area contributed by atoms with Gasteiger partial charge in [-0.3, -0.25) is 4.79 Å². The molecule has 4 heteroatoms. The minimum atomic E-state index is -0.908. The molecular weight excluding hydrogens is 229 g/mol. The maximum Gasteiger partial charge on any atom is 0.156 e. The molecule has 1 aromatic carbocycles. The van der Waals surface area contributed by atoms with E-state index in [9.17, 15) is 9.18 Å². The zero-order valence-corrected chi connectivity index (χ0v) is 10.1. The van der Waals surface area contributed by atoms with Crippen LogP contribution in [-0.2, 0) is 11.2 Å². The van der Waals surface area contributed by atoms with Crippen LogP contribution in [0.2, 0.25) is 5.02 Å². The van der Waals surface area contributed by atoms with Crippen LogP contribution in [0.25, 0.3) is 0 Å². The first-order valence-corrected chi connectivity index (χ1v) is 5.50. The first kappa shape index (κ1) is 13.1. The van der Waals surface area contributed by atoms with Crippen molar-refractivity contribution in [2.24, 2.45) is 5.73 Å². The van der Waals surface area contributed by atoms with Crippen LogP contribution in [-0.4, -0.2) is 11.3 Å². The molecule has 0 radical (unpaired) electrons. The minimum absolute atomic E-state index is 0.0206. The van der Waals surface area contributed by atoms with E-state index in [2.05, 4.69) is 0 Å². The van der Waals surface area contributed by atoms with E-state index in [1.54, 1.807) is 6.92 Å². The van der Waals surface area contributed by atoms with Crippen LogP contribution in [0.5, 0.6) is 0 Å². The summed E-state index contributed by atoms with van der Waals surface area (Å²) in [6.07, 6.45) is 0.501. The molecule has 0 saturated carbocycles. The van der Waals surface area contributed by atoms with E-state index in [1.807, 2.05) is 6.92 Å². The van der Waals surface area contributed by atoms with Crippen molar-refractivity contribution >= 4 is 17.4 Å². The Balaban J connectivity index is 2.89. The van der Waals surface area contributed by atoms with Gasteiger partial charge in [0.2, 0.25) is 0 Å². The maximum atomic E-state index is 13.4. The van der Waals surface area contributed by atoms with Gasteiger partial charge >= 0.3 is 0 Å². The summed E-state index contributed by atoms with van der Waals surface area (Å²) in [6, 6.07) is 4.16. The van der Waals surface area contributed by atoms with Gasteiger partial charge in [-0.25, -0.2) is 4.39 Å². The summed E-state index contributed by atoms with van der Waals surface area (Å²) in [7, 11) is 0. The highest BCUT2D eigenvalue weighted by atomic mass is 35.5. The van der Waals surface area contributed by atoms with Gasteiger partial charge in [-0.15, -0.1) is 0 Å². The normalized spacial score (nSPS) is 14.6. The number of rotatable bonds is 4. The summed E-state index contributed by atoms with van der Waals surface area (Å²) in [5.41, 5.74) is 5.18. The highest BCUT2D eigenvalue weighted by Gasteiger charge is 2.26. The SMILES string of the molecule is CCC(C)(N)C(=O)Cc1cc(Cl)ccc1F. The fourth-order valence-corrected chi connectivity index (χ4v) is 1.45. The number of carbonyl (C=O) groups is 1. The molecule has 1 aromatic rings. The van der Waals surface area contributed by atoms with Crippen LogP contribution in [0.4, 0.5) is 4.39 Å². The molecule has 0 saturated heterocycles. The molecule has 1 rings (SSSR count). The third-order valence-corrected chi connectivity index (χ3v) is 2.97. The molecule has 1 unspecified atom stereocenters. The molecule has 2 nitrogen and oxygen atoms in total. The fraction of sp³-hybridized carbons (Fsp3) is 0.417. The van der Waals surface area contributed by atoms with Gasteiger partial charge in [-0.2, -0.15) is 0 Å². The number of benzene rings is 1. The Bertz CT molecular complexity index is 404. The number of carbonyl (C=O) groups excluding carboxylic acids is 1. The van der Waals surface area contributed by atoms with E-state index in [0.29, 0.717) is 17.0 Å². The zero-order chi connectivity index (χ0) is 12.3. The van der Waals surface area contributed by atoms with Gasteiger partial charge < -0.3 is 5.73 Å². The standard InChI is InChI=1S/C12H15ClFNO/c1-3-12(2,15)11(16)7-8-6-9(13)4-5-10(8)14/h4-6H,3,7,15H2,1-2H3. The Morgan fingerprint density at radius 3 is 2.75 bits per heavy atom. The van der Waals surface area contributed by atoms with Gasteiger partial charge in [-0.05, 0) is 37.1 Å². The summed E-state index contributed by atoms with van der Waals surface area (Å²) >= 11 is 5.74. The van der Waals surface area contributed by atoms with Crippen LogP contribution >= 0.6 is 11.6 Å². The minimum Gasteiger partial charge on any atom is -0.319 e. The fourth-order valence-electron chi connectivity index (χ4n) is 1.25. The van der Waals surface area contributed by atoms with E-state index < -0.39 is 11.4 Å². The third-order valence-electron chi connectivity index (χ3n) is 2.73. The van der Waals surface area contributed by atoms with E-state index >= 15 is 0 Å². The molecule has 0 aromatic heterocycles. The molecule has 0 aliphatic rings. The van der Waals surface area contributed by atoms with E-state index in [0.717, 1.165) is 0 Å².